The summed E-state index contributed by atoms with van der Waals surface area (Å²) in [4.78, 5) is 4.99. The highest BCUT2D eigenvalue weighted by atomic mass is 32.1. The number of hydrogen-bond donors (Lipinski definition) is 0. The summed E-state index contributed by atoms with van der Waals surface area (Å²) in [5, 5.41) is 3.58. The fourth-order valence-corrected chi connectivity index (χ4v) is 2.52. The van der Waals surface area contributed by atoms with Crippen LogP contribution in [0.3, 0.4) is 0 Å². The van der Waals surface area contributed by atoms with Gasteiger partial charge < -0.3 is 9.80 Å². The number of piperazine rings is 1. The average Bonchev–Trinajstić information content (AvgIpc) is 2.71. The quantitative estimate of drug-likeness (QED) is 0.712. The minimum atomic E-state index is 1.19. The zero-order chi connectivity index (χ0) is 9.10. The van der Waals surface area contributed by atoms with Crippen LogP contribution < -0.4 is 4.90 Å². The number of rotatable bonds is 2. The van der Waals surface area contributed by atoms with Gasteiger partial charge in [0, 0.05) is 26.2 Å². The van der Waals surface area contributed by atoms with E-state index in [1.165, 1.54) is 37.7 Å². The molecule has 13 heavy (non-hydrogen) atoms. The maximum absolute atomic E-state index is 2.50. The van der Waals surface area contributed by atoms with Gasteiger partial charge in [-0.2, -0.15) is 0 Å². The van der Waals surface area contributed by atoms with E-state index in [4.69, 9.17) is 0 Å². The molecule has 2 heterocycles. The Morgan fingerprint density at radius 3 is 2.62 bits per heavy atom. The topological polar surface area (TPSA) is 6.48 Å². The molecule has 3 heteroatoms. The van der Waals surface area contributed by atoms with E-state index in [-0.39, 0.29) is 0 Å². The smallest absolute Gasteiger partial charge is 0.0909 e. The van der Waals surface area contributed by atoms with Gasteiger partial charge in [0.05, 0.1) is 5.00 Å². The van der Waals surface area contributed by atoms with Gasteiger partial charge in [-0.15, -0.1) is 11.3 Å². The summed E-state index contributed by atoms with van der Waals surface area (Å²) in [6, 6.07) is 4.35. The van der Waals surface area contributed by atoms with E-state index < -0.39 is 0 Å². The third kappa shape index (κ3) is 2.03. The van der Waals surface area contributed by atoms with Crippen molar-refractivity contribution in [2.45, 2.75) is 6.92 Å². The van der Waals surface area contributed by atoms with Crippen molar-refractivity contribution in [3.63, 3.8) is 0 Å². The molecule has 0 bridgehead atoms. The minimum absolute atomic E-state index is 1.19. The summed E-state index contributed by atoms with van der Waals surface area (Å²) in [6.45, 7) is 8.24. The number of nitrogens with zero attached hydrogens (tertiary/aromatic N) is 2. The molecule has 0 unspecified atom stereocenters. The maximum Gasteiger partial charge on any atom is 0.0909 e. The van der Waals surface area contributed by atoms with Gasteiger partial charge in [-0.05, 0) is 24.1 Å². The Kier molecular flexibility index (Phi) is 2.86. The molecular formula is C10H16N2S. The molecule has 1 saturated heterocycles. The second-order valence-electron chi connectivity index (χ2n) is 3.37. The van der Waals surface area contributed by atoms with Crippen LogP contribution in [0.2, 0.25) is 0 Å². The van der Waals surface area contributed by atoms with Crippen LogP contribution >= 0.6 is 11.3 Å². The second-order valence-corrected chi connectivity index (χ2v) is 4.30. The van der Waals surface area contributed by atoms with Gasteiger partial charge in [0.25, 0.3) is 0 Å². The first-order valence-electron chi connectivity index (χ1n) is 4.91. The van der Waals surface area contributed by atoms with E-state index in [1.54, 1.807) is 0 Å². The first-order chi connectivity index (χ1) is 6.40. The number of anilines is 1. The fraction of sp³-hybridized carbons (Fsp3) is 0.600. The lowest BCUT2D eigenvalue weighted by Crippen LogP contribution is -2.45. The number of likely N-dealkylation sites (N-methyl/N-ethyl adjacent to an activating group) is 1. The molecule has 0 aromatic carbocycles. The number of thiophene rings is 1. The lowest BCUT2D eigenvalue weighted by Gasteiger charge is -2.34. The maximum atomic E-state index is 2.50. The predicted octanol–water partition coefficient (Wildman–Crippen LogP) is 1.89. The van der Waals surface area contributed by atoms with Crippen molar-refractivity contribution in [1.29, 1.82) is 0 Å². The van der Waals surface area contributed by atoms with E-state index in [0.29, 0.717) is 0 Å². The molecule has 1 aromatic heterocycles. The van der Waals surface area contributed by atoms with Crippen LogP contribution in [0.5, 0.6) is 0 Å². The van der Waals surface area contributed by atoms with Crippen LogP contribution in [-0.4, -0.2) is 37.6 Å². The number of hydrogen-bond acceptors (Lipinski definition) is 3. The fourth-order valence-electron chi connectivity index (χ4n) is 1.73. The molecule has 1 fully saturated rings. The Morgan fingerprint density at radius 1 is 1.31 bits per heavy atom. The van der Waals surface area contributed by atoms with Crippen molar-refractivity contribution in [2.24, 2.45) is 0 Å². The molecule has 72 valence electrons. The summed E-state index contributed by atoms with van der Waals surface area (Å²) >= 11 is 1.85. The summed E-state index contributed by atoms with van der Waals surface area (Å²) in [5.41, 5.74) is 0. The molecular weight excluding hydrogens is 180 g/mol. The largest absolute Gasteiger partial charge is 0.361 e. The van der Waals surface area contributed by atoms with Crippen LogP contribution in [0.1, 0.15) is 6.92 Å². The summed E-state index contributed by atoms with van der Waals surface area (Å²) in [7, 11) is 0. The summed E-state index contributed by atoms with van der Waals surface area (Å²) < 4.78 is 0. The predicted molar refractivity (Wildman–Crippen MR) is 58.6 cm³/mol. The first-order valence-corrected chi connectivity index (χ1v) is 5.79. The van der Waals surface area contributed by atoms with E-state index in [1.807, 2.05) is 11.3 Å². The van der Waals surface area contributed by atoms with Crippen LogP contribution in [0.25, 0.3) is 0 Å². The molecule has 1 aromatic rings. The highest BCUT2D eigenvalue weighted by Crippen LogP contribution is 2.22. The van der Waals surface area contributed by atoms with Crippen molar-refractivity contribution in [3.05, 3.63) is 17.5 Å². The zero-order valence-electron chi connectivity index (χ0n) is 8.07. The molecule has 1 aliphatic rings. The van der Waals surface area contributed by atoms with Crippen LogP contribution in [0.15, 0.2) is 17.5 Å². The van der Waals surface area contributed by atoms with Crippen molar-refractivity contribution in [3.8, 4) is 0 Å². The Hall–Kier alpha value is -0.540. The monoisotopic (exact) mass is 196 g/mol. The Labute approximate surface area is 83.8 Å². The molecule has 0 saturated carbocycles. The van der Waals surface area contributed by atoms with Gasteiger partial charge in [0.2, 0.25) is 0 Å². The third-order valence-corrected chi connectivity index (χ3v) is 3.57. The minimum Gasteiger partial charge on any atom is -0.361 e. The highest BCUT2D eigenvalue weighted by Gasteiger charge is 2.15. The van der Waals surface area contributed by atoms with Crippen molar-refractivity contribution >= 4 is 16.3 Å². The molecule has 0 N–H and O–H groups in total. The SMILES string of the molecule is CCN1CCN(c2cccs2)CC1. The normalized spacial score (nSPS) is 19.3. The lowest BCUT2D eigenvalue weighted by molar-refractivity contribution is 0.271. The summed E-state index contributed by atoms with van der Waals surface area (Å²) in [5.74, 6) is 0. The second kappa shape index (κ2) is 4.11. The molecule has 0 atom stereocenters. The van der Waals surface area contributed by atoms with E-state index >= 15 is 0 Å². The molecule has 2 nitrogen and oxygen atoms in total. The standard InChI is InChI=1S/C10H16N2S/c1-2-11-5-7-12(8-6-11)10-4-3-9-13-10/h3-4,9H,2,5-8H2,1H3. The van der Waals surface area contributed by atoms with Crippen molar-refractivity contribution in [2.75, 3.05) is 37.6 Å². The molecule has 0 spiro atoms. The van der Waals surface area contributed by atoms with Gasteiger partial charge >= 0.3 is 0 Å². The van der Waals surface area contributed by atoms with Gasteiger partial charge in [-0.3, -0.25) is 0 Å². The van der Waals surface area contributed by atoms with Crippen molar-refractivity contribution < 1.29 is 0 Å². The van der Waals surface area contributed by atoms with Gasteiger partial charge in [-0.1, -0.05) is 6.92 Å². The van der Waals surface area contributed by atoms with Crippen LogP contribution in [0, 0.1) is 0 Å². The molecule has 0 amide bonds. The van der Waals surface area contributed by atoms with E-state index in [9.17, 15) is 0 Å². The summed E-state index contributed by atoms with van der Waals surface area (Å²) in [6.07, 6.45) is 0. The Morgan fingerprint density at radius 2 is 2.08 bits per heavy atom. The van der Waals surface area contributed by atoms with E-state index in [2.05, 4.69) is 34.2 Å². The third-order valence-electron chi connectivity index (χ3n) is 2.64. The van der Waals surface area contributed by atoms with E-state index in [0.717, 1.165) is 0 Å². The highest BCUT2D eigenvalue weighted by molar-refractivity contribution is 7.14. The van der Waals surface area contributed by atoms with Gasteiger partial charge in [-0.25, -0.2) is 0 Å². The average molecular weight is 196 g/mol. The van der Waals surface area contributed by atoms with Crippen LogP contribution in [0.4, 0.5) is 5.00 Å². The Balaban J connectivity index is 1.92. The molecule has 1 aliphatic heterocycles. The van der Waals surface area contributed by atoms with Gasteiger partial charge in [0.15, 0.2) is 0 Å². The Bertz CT molecular complexity index is 237. The molecule has 2 rings (SSSR count). The lowest BCUT2D eigenvalue weighted by atomic mass is 10.3. The molecule has 0 radical (unpaired) electrons. The molecule has 0 aliphatic carbocycles. The van der Waals surface area contributed by atoms with Crippen molar-refractivity contribution in [1.82, 2.24) is 4.90 Å². The van der Waals surface area contributed by atoms with Crippen LogP contribution in [-0.2, 0) is 0 Å². The first kappa shape index (κ1) is 9.03. The van der Waals surface area contributed by atoms with Gasteiger partial charge in [0.1, 0.15) is 0 Å². The zero-order valence-corrected chi connectivity index (χ0v) is 8.89.